The van der Waals surface area contributed by atoms with Crippen LogP contribution in [0.1, 0.15) is 5.56 Å². The Labute approximate surface area is 131 Å². The molecule has 22 heavy (non-hydrogen) atoms. The Morgan fingerprint density at radius 1 is 1.14 bits per heavy atom. The molecule has 0 atom stereocenters. The van der Waals surface area contributed by atoms with Crippen LogP contribution in [0.2, 0.25) is 0 Å². The third kappa shape index (κ3) is 3.51. The van der Waals surface area contributed by atoms with Crippen molar-refractivity contribution in [3.8, 4) is 0 Å². The molecule has 0 bridgehead atoms. The number of piperazine rings is 1. The molecule has 0 unspecified atom stereocenters. The van der Waals surface area contributed by atoms with E-state index in [1.807, 2.05) is 37.5 Å². The van der Waals surface area contributed by atoms with Crippen molar-refractivity contribution in [3.63, 3.8) is 0 Å². The number of hydrogen-bond donors (Lipinski definition) is 0. The Balaban J connectivity index is 1.58. The zero-order valence-corrected chi connectivity index (χ0v) is 13.2. The molecule has 0 N–H and O–H groups in total. The first-order chi connectivity index (χ1) is 10.7. The molecule has 1 saturated heterocycles. The quantitative estimate of drug-likeness (QED) is 0.847. The average Bonchev–Trinajstić information content (AvgIpc) is 2.56. The van der Waals surface area contributed by atoms with Crippen molar-refractivity contribution in [2.24, 2.45) is 0 Å². The van der Waals surface area contributed by atoms with E-state index in [-0.39, 0.29) is 0 Å². The van der Waals surface area contributed by atoms with Gasteiger partial charge in [0.05, 0.1) is 0 Å². The van der Waals surface area contributed by atoms with Crippen molar-refractivity contribution < 1.29 is 0 Å². The van der Waals surface area contributed by atoms with Crippen molar-refractivity contribution in [2.75, 3.05) is 50.1 Å². The SMILES string of the molecule is CN(C)c1cc(N2CCN(Cc3cccnc3)CC2)ncn1. The lowest BCUT2D eigenvalue weighted by Crippen LogP contribution is -2.46. The van der Waals surface area contributed by atoms with Crippen LogP contribution in [-0.2, 0) is 6.54 Å². The third-order valence-electron chi connectivity index (χ3n) is 3.92. The van der Waals surface area contributed by atoms with Crippen LogP contribution in [0.3, 0.4) is 0 Å². The maximum absolute atomic E-state index is 4.41. The molecule has 3 heterocycles. The molecule has 1 aliphatic heterocycles. The molecule has 0 radical (unpaired) electrons. The van der Waals surface area contributed by atoms with Gasteiger partial charge in [0.25, 0.3) is 0 Å². The highest BCUT2D eigenvalue weighted by Gasteiger charge is 2.18. The molecule has 0 saturated carbocycles. The van der Waals surface area contributed by atoms with Gasteiger partial charge < -0.3 is 9.80 Å². The fraction of sp³-hybridized carbons (Fsp3) is 0.438. The Kier molecular flexibility index (Phi) is 4.48. The normalized spacial score (nSPS) is 15.8. The molecule has 6 nitrogen and oxygen atoms in total. The van der Waals surface area contributed by atoms with Gasteiger partial charge in [0.15, 0.2) is 0 Å². The highest BCUT2D eigenvalue weighted by molar-refractivity contribution is 5.49. The second kappa shape index (κ2) is 6.70. The first-order valence-electron chi connectivity index (χ1n) is 7.58. The van der Waals surface area contributed by atoms with E-state index in [9.17, 15) is 0 Å². The van der Waals surface area contributed by atoms with Crippen LogP contribution in [0.4, 0.5) is 11.6 Å². The summed E-state index contributed by atoms with van der Waals surface area (Å²) in [5.41, 5.74) is 1.27. The maximum atomic E-state index is 4.41. The minimum atomic E-state index is 0.947. The van der Waals surface area contributed by atoms with E-state index in [1.54, 1.807) is 6.33 Å². The zero-order chi connectivity index (χ0) is 15.4. The predicted octanol–water partition coefficient (Wildman–Crippen LogP) is 1.26. The fourth-order valence-corrected chi connectivity index (χ4v) is 2.64. The van der Waals surface area contributed by atoms with Gasteiger partial charge >= 0.3 is 0 Å². The molecule has 0 spiro atoms. The summed E-state index contributed by atoms with van der Waals surface area (Å²) in [5.74, 6) is 1.96. The Morgan fingerprint density at radius 3 is 2.64 bits per heavy atom. The van der Waals surface area contributed by atoms with Crippen LogP contribution in [0.25, 0.3) is 0 Å². The molecule has 2 aromatic rings. The third-order valence-corrected chi connectivity index (χ3v) is 3.92. The molecule has 0 aromatic carbocycles. The molecule has 6 heteroatoms. The van der Waals surface area contributed by atoms with Gasteiger partial charge in [-0.2, -0.15) is 0 Å². The van der Waals surface area contributed by atoms with Gasteiger partial charge in [-0.1, -0.05) is 6.07 Å². The van der Waals surface area contributed by atoms with E-state index in [0.717, 1.165) is 44.4 Å². The van der Waals surface area contributed by atoms with E-state index in [0.29, 0.717) is 0 Å². The number of nitrogens with zero attached hydrogens (tertiary/aromatic N) is 6. The lowest BCUT2D eigenvalue weighted by atomic mass is 10.2. The summed E-state index contributed by atoms with van der Waals surface area (Å²) >= 11 is 0. The molecule has 116 valence electrons. The minimum Gasteiger partial charge on any atom is -0.363 e. The van der Waals surface area contributed by atoms with Crippen LogP contribution >= 0.6 is 0 Å². The minimum absolute atomic E-state index is 0.947. The molecule has 1 aliphatic rings. The second-order valence-corrected chi connectivity index (χ2v) is 5.75. The van der Waals surface area contributed by atoms with Crippen LogP contribution in [0.5, 0.6) is 0 Å². The van der Waals surface area contributed by atoms with Gasteiger partial charge in [-0.05, 0) is 11.6 Å². The molecule has 0 amide bonds. The van der Waals surface area contributed by atoms with Gasteiger partial charge in [-0.15, -0.1) is 0 Å². The number of aromatic nitrogens is 3. The summed E-state index contributed by atoms with van der Waals surface area (Å²) in [6.45, 7) is 5.02. The lowest BCUT2D eigenvalue weighted by molar-refractivity contribution is 0.249. The van der Waals surface area contributed by atoms with E-state index in [2.05, 4.69) is 36.9 Å². The molecule has 1 fully saturated rings. The van der Waals surface area contributed by atoms with Crippen molar-refractivity contribution in [2.45, 2.75) is 6.54 Å². The molecule has 3 rings (SSSR count). The Bertz CT molecular complexity index is 593. The van der Waals surface area contributed by atoms with Crippen LogP contribution in [-0.4, -0.2) is 60.1 Å². The first-order valence-corrected chi connectivity index (χ1v) is 7.58. The fourth-order valence-electron chi connectivity index (χ4n) is 2.64. The summed E-state index contributed by atoms with van der Waals surface area (Å²) in [6.07, 6.45) is 5.41. The number of pyridine rings is 1. The van der Waals surface area contributed by atoms with Gasteiger partial charge in [-0.25, -0.2) is 9.97 Å². The van der Waals surface area contributed by atoms with Gasteiger partial charge in [-0.3, -0.25) is 9.88 Å². The summed E-state index contributed by atoms with van der Waals surface area (Å²) in [6, 6.07) is 6.18. The van der Waals surface area contributed by atoms with Gasteiger partial charge in [0.2, 0.25) is 0 Å². The highest BCUT2D eigenvalue weighted by Crippen LogP contribution is 2.18. The topological polar surface area (TPSA) is 48.4 Å². The molecule has 2 aromatic heterocycles. The molecule has 0 aliphatic carbocycles. The molecular weight excluding hydrogens is 276 g/mol. The Hall–Kier alpha value is -2.21. The second-order valence-electron chi connectivity index (χ2n) is 5.75. The maximum Gasteiger partial charge on any atom is 0.134 e. The van der Waals surface area contributed by atoms with E-state index < -0.39 is 0 Å². The smallest absolute Gasteiger partial charge is 0.134 e. The number of rotatable bonds is 4. The summed E-state index contributed by atoms with van der Waals surface area (Å²) in [7, 11) is 4.00. The lowest BCUT2D eigenvalue weighted by Gasteiger charge is -2.35. The van der Waals surface area contributed by atoms with Crippen molar-refractivity contribution in [1.29, 1.82) is 0 Å². The first kappa shape index (κ1) is 14.7. The van der Waals surface area contributed by atoms with Gasteiger partial charge in [0.1, 0.15) is 18.0 Å². The highest BCUT2D eigenvalue weighted by atomic mass is 15.3. The zero-order valence-electron chi connectivity index (χ0n) is 13.2. The average molecular weight is 298 g/mol. The standard InChI is InChI=1S/C16H22N6/c1-20(2)15-10-16(19-13-18-15)22-8-6-21(7-9-22)12-14-4-3-5-17-11-14/h3-5,10-11,13H,6-9,12H2,1-2H3. The Morgan fingerprint density at radius 2 is 1.95 bits per heavy atom. The van der Waals surface area contributed by atoms with E-state index in [4.69, 9.17) is 0 Å². The largest absolute Gasteiger partial charge is 0.363 e. The van der Waals surface area contributed by atoms with E-state index >= 15 is 0 Å². The van der Waals surface area contributed by atoms with E-state index in [1.165, 1.54) is 5.56 Å². The number of anilines is 2. The number of hydrogen-bond acceptors (Lipinski definition) is 6. The van der Waals surface area contributed by atoms with Crippen molar-refractivity contribution >= 4 is 11.6 Å². The van der Waals surface area contributed by atoms with Crippen molar-refractivity contribution in [3.05, 3.63) is 42.5 Å². The molecular formula is C16H22N6. The van der Waals surface area contributed by atoms with Crippen LogP contribution in [0, 0.1) is 0 Å². The monoisotopic (exact) mass is 298 g/mol. The van der Waals surface area contributed by atoms with Crippen LogP contribution in [0.15, 0.2) is 36.9 Å². The summed E-state index contributed by atoms with van der Waals surface area (Å²) in [4.78, 5) is 19.7. The predicted molar refractivity (Wildman–Crippen MR) is 88.1 cm³/mol. The summed E-state index contributed by atoms with van der Waals surface area (Å²) < 4.78 is 0. The summed E-state index contributed by atoms with van der Waals surface area (Å²) in [5, 5.41) is 0. The van der Waals surface area contributed by atoms with Crippen molar-refractivity contribution in [1.82, 2.24) is 19.9 Å². The van der Waals surface area contributed by atoms with Gasteiger partial charge in [0, 0.05) is 65.3 Å². The van der Waals surface area contributed by atoms with Crippen LogP contribution < -0.4 is 9.80 Å².